The zero-order valence-electron chi connectivity index (χ0n) is 16.0. The zero-order chi connectivity index (χ0) is 21.0. The summed E-state index contributed by atoms with van der Waals surface area (Å²) in [4.78, 5) is 0. The molecule has 1 heterocycles. The smallest absolute Gasteiger partial charge is 0.420 e. The van der Waals surface area contributed by atoms with Gasteiger partial charge in [-0.1, -0.05) is 24.3 Å². The first kappa shape index (κ1) is 19.9. The molecule has 1 N–H and O–H groups in total. The third kappa shape index (κ3) is 4.79. The number of alkyl halides is 3. The molecular formula is C23H20F3NO3. The van der Waals surface area contributed by atoms with Crippen molar-refractivity contribution in [1.29, 1.82) is 0 Å². The van der Waals surface area contributed by atoms with Gasteiger partial charge in [-0.15, -0.1) is 0 Å². The minimum atomic E-state index is -4.54. The summed E-state index contributed by atoms with van der Waals surface area (Å²) in [6.45, 7) is 1.51. The molecule has 0 atom stereocenters. The molecular weight excluding hydrogens is 395 g/mol. The van der Waals surface area contributed by atoms with Gasteiger partial charge in [-0.2, -0.15) is 13.2 Å². The Bertz CT molecular complexity index is 1010. The van der Waals surface area contributed by atoms with Crippen LogP contribution < -0.4 is 19.5 Å². The van der Waals surface area contributed by atoms with E-state index < -0.39 is 11.7 Å². The lowest BCUT2D eigenvalue weighted by molar-refractivity contribution is -0.138. The van der Waals surface area contributed by atoms with Gasteiger partial charge < -0.3 is 19.5 Å². The second-order valence-electron chi connectivity index (χ2n) is 6.81. The highest BCUT2D eigenvalue weighted by Gasteiger charge is 2.35. The van der Waals surface area contributed by atoms with Crippen LogP contribution in [-0.2, 0) is 12.7 Å². The van der Waals surface area contributed by atoms with Gasteiger partial charge in [0.25, 0.3) is 0 Å². The Morgan fingerprint density at radius 3 is 2.40 bits per heavy atom. The van der Waals surface area contributed by atoms with Gasteiger partial charge in [-0.3, -0.25) is 0 Å². The summed E-state index contributed by atoms with van der Waals surface area (Å²) in [5, 5.41) is 3.04. The molecule has 3 aromatic rings. The van der Waals surface area contributed by atoms with Gasteiger partial charge in [0, 0.05) is 18.7 Å². The SMILES string of the molecule is FC(F)(F)c1cc(NCc2ccc3c(c2)OCCCO3)ccc1Oc1ccccc1. The third-order valence-electron chi connectivity index (χ3n) is 4.56. The lowest BCUT2D eigenvalue weighted by atomic mass is 10.1. The van der Waals surface area contributed by atoms with Gasteiger partial charge >= 0.3 is 6.18 Å². The van der Waals surface area contributed by atoms with E-state index >= 15 is 0 Å². The number of para-hydroxylation sites is 1. The number of halogens is 3. The Balaban J connectivity index is 1.51. The van der Waals surface area contributed by atoms with E-state index in [2.05, 4.69) is 5.32 Å². The summed E-state index contributed by atoms with van der Waals surface area (Å²) in [5.74, 6) is 1.43. The number of ether oxygens (including phenoxy) is 3. The maximum Gasteiger partial charge on any atom is 0.420 e. The van der Waals surface area contributed by atoms with Crippen LogP contribution in [0.25, 0.3) is 0 Å². The van der Waals surface area contributed by atoms with Crippen molar-refractivity contribution in [2.75, 3.05) is 18.5 Å². The molecule has 0 saturated carbocycles. The zero-order valence-corrected chi connectivity index (χ0v) is 16.0. The normalized spacial score (nSPS) is 13.4. The minimum absolute atomic E-state index is 0.241. The average molecular weight is 415 g/mol. The summed E-state index contributed by atoms with van der Waals surface area (Å²) in [6.07, 6.45) is -3.74. The fourth-order valence-corrected chi connectivity index (χ4v) is 3.09. The quantitative estimate of drug-likeness (QED) is 0.533. The predicted molar refractivity (Wildman–Crippen MR) is 107 cm³/mol. The Kier molecular flexibility index (Phi) is 5.70. The number of benzene rings is 3. The van der Waals surface area contributed by atoms with Crippen LogP contribution in [0.2, 0.25) is 0 Å². The molecule has 30 heavy (non-hydrogen) atoms. The van der Waals surface area contributed by atoms with E-state index in [1.807, 2.05) is 18.2 Å². The van der Waals surface area contributed by atoms with Crippen molar-refractivity contribution in [3.05, 3.63) is 77.9 Å². The van der Waals surface area contributed by atoms with Crippen LogP contribution in [0.15, 0.2) is 66.7 Å². The first-order chi connectivity index (χ1) is 14.5. The van der Waals surface area contributed by atoms with Crippen LogP contribution >= 0.6 is 0 Å². The van der Waals surface area contributed by atoms with Crippen molar-refractivity contribution in [3.8, 4) is 23.0 Å². The van der Waals surface area contributed by atoms with Crippen molar-refractivity contribution in [1.82, 2.24) is 0 Å². The maximum atomic E-state index is 13.6. The van der Waals surface area contributed by atoms with E-state index in [9.17, 15) is 13.2 Å². The van der Waals surface area contributed by atoms with Crippen molar-refractivity contribution < 1.29 is 27.4 Å². The van der Waals surface area contributed by atoms with Crippen molar-refractivity contribution >= 4 is 5.69 Å². The molecule has 4 nitrogen and oxygen atoms in total. The van der Waals surface area contributed by atoms with E-state index in [4.69, 9.17) is 14.2 Å². The number of hydrogen-bond donors (Lipinski definition) is 1. The monoisotopic (exact) mass is 415 g/mol. The van der Waals surface area contributed by atoms with Gasteiger partial charge in [0.15, 0.2) is 11.5 Å². The second kappa shape index (κ2) is 8.57. The molecule has 1 aliphatic rings. The Morgan fingerprint density at radius 1 is 0.867 bits per heavy atom. The van der Waals surface area contributed by atoms with Gasteiger partial charge in [0.1, 0.15) is 17.1 Å². The first-order valence-corrected chi connectivity index (χ1v) is 9.55. The molecule has 1 aliphatic heterocycles. The lowest BCUT2D eigenvalue weighted by Gasteiger charge is -2.16. The van der Waals surface area contributed by atoms with Crippen molar-refractivity contribution in [2.45, 2.75) is 19.1 Å². The number of fused-ring (bicyclic) bond motifs is 1. The highest BCUT2D eigenvalue weighted by molar-refractivity contribution is 5.54. The number of hydrogen-bond acceptors (Lipinski definition) is 4. The van der Waals surface area contributed by atoms with Gasteiger partial charge in [0.05, 0.1) is 13.2 Å². The maximum absolute atomic E-state index is 13.6. The largest absolute Gasteiger partial charge is 0.490 e. The Labute approximate surface area is 172 Å². The molecule has 0 radical (unpaired) electrons. The van der Waals surface area contributed by atoms with E-state index in [-0.39, 0.29) is 5.75 Å². The molecule has 7 heteroatoms. The molecule has 0 unspecified atom stereocenters. The topological polar surface area (TPSA) is 39.7 Å². The van der Waals surface area contributed by atoms with Crippen molar-refractivity contribution in [2.24, 2.45) is 0 Å². The molecule has 4 rings (SSSR count). The van der Waals surface area contributed by atoms with E-state index in [1.165, 1.54) is 6.07 Å². The minimum Gasteiger partial charge on any atom is -0.490 e. The van der Waals surface area contributed by atoms with Crippen LogP contribution in [0.5, 0.6) is 23.0 Å². The number of rotatable bonds is 5. The Hall–Kier alpha value is -3.35. The highest BCUT2D eigenvalue weighted by atomic mass is 19.4. The van der Waals surface area contributed by atoms with Crippen LogP contribution in [0.3, 0.4) is 0 Å². The standard InChI is InChI=1S/C23H20F3NO3/c24-23(25,26)19-14-17(8-10-20(19)30-18-5-2-1-3-6-18)27-15-16-7-9-21-22(13-16)29-12-4-11-28-21/h1-3,5-10,13-14,27H,4,11-12,15H2. The molecule has 3 aromatic carbocycles. The van der Waals surface area contributed by atoms with Crippen LogP contribution in [0, 0.1) is 0 Å². The van der Waals surface area contributed by atoms with E-state index in [0.717, 1.165) is 18.1 Å². The summed E-state index contributed by atoms with van der Waals surface area (Å²) >= 11 is 0. The molecule has 0 spiro atoms. The summed E-state index contributed by atoms with van der Waals surface area (Å²) in [7, 11) is 0. The van der Waals surface area contributed by atoms with Gasteiger partial charge in [-0.05, 0) is 48.0 Å². The van der Waals surface area contributed by atoms with Gasteiger partial charge in [-0.25, -0.2) is 0 Å². The lowest BCUT2D eigenvalue weighted by Crippen LogP contribution is -2.09. The Morgan fingerprint density at radius 2 is 1.63 bits per heavy atom. The molecule has 0 saturated heterocycles. The fourth-order valence-electron chi connectivity index (χ4n) is 3.09. The van der Waals surface area contributed by atoms with Crippen LogP contribution in [-0.4, -0.2) is 13.2 Å². The molecule has 0 aliphatic carbocycles. The van der Waals surface area contributed by atoms with Crippen LogP contribution in [0.4, 0.5) is 18.9 Å². The number of anilines is 1. The van der Waals surface area contributed by atoms with E-state index in [1.54, 1.807) is 36.4 Å². The second-order valence-corrected chi connectivity index (χ2v) is 6.81. The van der Waals surface area contributed by atoms with Crippen LogP contribution in [0.1, 0.15) is 17.5 Å². The van der Waals surface area contributed by atoms with Gasteiger partial charge in [0.2, 0.25) is 0 Å². The molecule has 0 amide bonds. The third-order valence-corrected chi connectivity index (χ3v) is 4.56. The number of nitrogens with one attached hydrogen (secondary N) is 1. The van der Waals surface area contributed by atoms with Crippen molar-refractivity contribution in [3.63, 3.8) is 0 Å². The predicted octanol–water partition coefficient (Wildman–Crippen LogP) is 6.27. The summed E-state index contributed by atoms with van der Waals surface area (Å²) in [6, 6.07) is 17.8. The molecule has 0 bridgehead atoms. The summed E-state index contributed by atoms with van der Waals surface area (Å²) in [5.41, 5.74) is 0.377. The van der Waals surface area contributed by atoms with E-state index in [0.29, 0.717) is 42.7 Å². The highest BCUT2D eigenvalue weighted by Crippen LogP contribution is 2.40. The molecule has 156 valence electrons. The molecule has 0 fully saturated rings. The summed E-state index contributed by atoms with van der Waals surface area (Å²) < 4.78 is 57.5. The fraction of sp³-hybridized carbons (Fsp3) is 0.217. The molecule has 0 aromatic heterocycles. The average Bonchev–Trinajstić information content (AvgIpc) is 2.98. The first-order valence-electron chi connectivity index (χ1n) is 9.55.